The number of ether oxygens (including phenoxy) is 1. The molecular weight excluding hydrogens is 290 g/mol. The van der Waals surface area contributed by atoms with Crippen LogP contribution in [0.2, 0.25) is 0 Å². The summed E-state index contributed by atoms with van der Waals surface area (Å²) < 4.78 is 6.86. The van der Waals surface area contributed by atoms with E-state index >= 15 is 0 Å². The molecule has 0 saturated heterocycles. The van der Waals surface area contributed by atoms with Crippen LogP contribution in [0, 0.1) is 6.92 Å². The number of nitrogens with zero attached hydrogens (tertiary/aromatic N) is 1. The Hall–Kier alpha value is -2.07. The second-order valence-corrected chi connectivity index (χ2v) is 5.27. The van der Waals surface area contributed by atoms with Crippen LogP contribution >= 0.6 is 11.6 Å². The molecule has 0 amide bonds. The fourth-order valence-electron chi connectivity index (χ4n) is 2.26. The number of pyridine rings is 1. The number of carbonyl (C=O) groups is 1. The van der Waals surface area contributed by atoms with E-state index in [2.05, 4.69) is 0 Å². The predicted molar refractivity (Wildman–Crippen MR) is 83.0 cm³/mol. The molecule has 5 heteroatoms. The number of halogens is 1. The van der Waals surface area contributed by atoms with Gasteiger partial charge >= 0.3 is 0 Å². The van der Waals surface area contributed by atoms with E-state index in [4.69, 9.17) is 16.3 Å². The highest BCUT2D eigenvalue weighted by molar-refractivity contribution is 6.63. The molecule has 0 radical (unpaired) electrons. The standard InChI is InChI=1S/C16H16ClNO3/c1-10-4-7-14(21-3)12(8-10)13-6-5-11(9-15(17)19)16(20)18(13)2/h4-8H,9H2,1-3H3. The van der Waals surface area contributed by atoms with E-state index in [-0.39, 0.29) is 12.0 Å². The van der Waals surface area contributed by atoms with Crippen LogP contribution in [0.5, 0.6) is 5.75 Å². The van der Waals surface area contributed by atoms with E-state index < -0.39 is 5.24 Å². The van der Waals surface area contributed by atoms with Crippen molar-refractivity contribution in [2.45, 2.75) is 13.3 Å². The lowest BCUT2D eigenvalue weighted by Crippen LogP contribution is -2.23. The summed E-state index contributed by atoms with van der Waals surface area (Å²) in [6.07, 6.45) is -0.0700. The first-order valence-corrected chi connectivity index (χ1v) is 6.84. The van der Waals surface area contributed by atoms with Gasteiger partial charge in [0.15, 0.2) is 0 Å². The van der Waals surface area contributed by atoms with E-state index in [1.165, 1.54) is 4.57 Å². The van der Waals surface area contributed by atoms with Crippen LogP contribution in [0.15, 0.2) is 35.1 Å². The predicted octanol–water partition coefficient (Wildman–Crippen LogP) is 2.68. The largest absolute Gasteiger partial charge is 0.496 e. The molecule has 0 N–H and O–H groups in total. The van der Waals surface area contributed by atoms with Gasteiger partial charge in [0.2, 0.25) is 5.24 Å². The van der Waals surface area contributed by atoms with Crippen molar-refractivity contribution in [3.8, 4) is 17.0 Å². The van der Waals surface area contributed by atoms with E-state index in [1.807, 2.05) is 25.1 Å². The molecular formula is C16H16ClNO3. The zero-order valence-electron chi connectivity index (χ0n) is 12.1. The van der Waals surface area contributed by atoms with E-state index in [9.17, 15) is 9.59 Å². The Morgan fingerprint density at radius 1 is 1.29 bits per heavy atom. The van der Waals surface area contributed by atoms with Crippen molar-refractivity contribution in [3.05, 3.63) is 51.8 Å². The SMILES string of the molecule is COc1ccc(C)cc1-c1ccc(CC(=O)Cl)c(=O)n1C. The summed E-state index contributed by atoms with van der Waals surface area (Å²) in [7, 11) is 3.26. The van der Waals surface area contributed by atoms with Gasteiger partial charge in [0.1, 0.15) is 5.75 Å². The summed E-state index contributed by atoms with van der Waals surface area (Å²) >= 11 is 5.35. The molecule has 0 aliphatic heterocycles. The quantitative estimate of drug-likeness (QED) is 0.816. The third-order valence-electron chi connectivity index (χ3n) is 3.34. The van der Waals surface area contributed by atoms with Crippen molar-refractivity contribution in [3.63, 3.8) is 0 Å². The van der Waals surface area contributed by atoms with Crippen LogP contribution in [0.25, 0.3) is 11.3 Å². The first-order valence-electron chi connectivity index (χ1n) is 6.46. The minimum Gasteiger partial charge on any atom is -0.496 e. The summed E-state index contributed by atoms with van der Waals surface area (Å²) in [6, 6.07) is 9.21. The monoisotopic (exact) mass is 305 g/mol. The Bertz CT molecular complexity index is 750. The lowest BCUT2D eigenvalue weighted by molar-refractivity contribution is -0.111. The van der Waals surface area contributed by atoms with Crippen molar-refractivity contribution in [2.75, 3.05) is 7.11 Å². The fraction of sp³-hybridized carbons (Fsp3) is 0.250. The van der Waals surface area contributed by atoms with Gasteiger partial charge in [-0.1, -0.05) is 17.7 Å². The molecule has 0 bridgehead atoms. The normalized spacial score (nSPS) is 10.5. The topological polar surface area (TPSA) is 48.3 Å². The third kappa shape index (κ3) is 3.16. The molecule has 110 valence electrons. The van der Waals surface area contributed by atoms with Gasteiger partial charge < -0.3 is 9.30 Å². The van der Waals surface area contributed by atoms with Gasteiger partial charge in [0, 0.05) is 18.2 Å². The molecule has 21 heavy (non-hydrogen) atoms. The minimum absolute atomic E-state index is 0.0700. The van der Waals surface area contributed by atoms with Crippen LogP contribution in [-0.4, -0.2) is 16.9 Å². The van der Waals surface area contributed by atoms with Gasteiger partial charge in [-0.25, -0.2) is 0 Å². The maximum atomic E-state index is 12.3. The van der Waals surface area contributed by atoms with Crippen LogP contribution < -0.4 is 10.3 Å². The minimum atomic E-state index is -0.548. The molecule has 0 fully saturated rings. The average molecular weight is 306 g/mol. The maximum absolute atomic E-state index is 12.3. The summed E-state index contributed by atoms with van der Waals surface area (Å²) in [5.41, 5.74) is 2.78. The van der Waals surface area contributed by atoms with Crippen molar-refractivity contribution < 1.29 is 9.53 Å². The molecule has 0 spiro atoms. The number of methoxy groups -OCH3 is 1. The molecule has 0 saturated carbocycles. The lowest BCUT2D eigenvalue weighted by atomic mass is 10.1. The van der Waals surface area contributed by atoms with E-state index in [0.717, 1.165) is 16.8 Å². The van der Waals surface area contributed by atoms with Crippen molar-refractivity contribution >= 4 is 16.8 Å². The van der Waals surface area contributed by atoms with Crippen LogP contribution in [0.1, 0.15) is 11.1 Å². The zero-order chi connectivity index (χ0) is 15.6. The third-order valence-corrected chi connectivity index (χ3v) is 3.48. The molecule has 2 aromatic rings. The number of hydrogen-bond donors (Lipinski definition) is 0. The zero-order valence-corrected chi connectivity index (χ0v) is 12.9. The Morgan fingerprint density at radius 3 is 2.62 bits per heavy atom. The fourth-order valence-corrected chi connectivity index (χ4v) is 2.41. The summed E-state index contributed by atoms with van der Waals surface area (Å²) in [6.45, 7) is 1.97. The number of benzene rings is 1. The highest BCUT2D eigenvalue weighted by atomic mass is 35.5. The van der Waals surface area contributed by atoms with Gasteiger partial charge in [-0.2, -0.15) is 0 Å². The van der Waals surface area contributed by atoms with Crippen LogP contribution in [0.4, 0.5) is 0 Å². The highest BCUT2D eigenvalue weighted by Gasteiger charge is 2.13. The molecule has 0 aliphatic carbocycles. The molecule has 0 atom stereocenters. The van der Waals surface area contributed by atoms with E-state index in [1.54, 1.807) is 26.3 Å². The first kappa shape index (κ1) is 15.3. The molecule has 0 aliphatic rings. The first-order chi connectivity index (χ1) is 9.93. The number of hydrogen-bond acceptors (Lipinski definition) is 3. The Kier molecular flexibility index (Phi) is 4.48. The molecule has 1 heterocycles. The van der Waals surface area contributed by atoms with Crippen molar-refractivity contribution in [2.24, 2.45) is 7.05 Å². The van der Waals surface area contributed by atoms with Gasteiger partial charge in [-0.15, -0.1) is 0 Å². The Labute approximate surface area is 127 Å². The highest BCUT2D eigenvalue weighted by Crippen LogP contribution is 2.29. The van der Waals surface area contributed by atoms with Crippen LogP contribution in [-0.2, 0) is 18.3 Å². The summed E-state index contributed by atoms with van der Waals surface area (Å²) in [5.74, 6) is 0.691. The summed E-state index contributed by atoms with van der Waals surface area (Å²) in [4.78, 5) is 23.3. The molecule has 1 aromatic carbocycles. The van der Waals surface area contributed by atoms with Gasteiger partial charge in [0.05, 0.1) is 19.2 Å². The Morgan fingerprint density at radius 2 is 2.00 bits per heavy atom. The maximum Gasteiger partial charge on any atom is 0.254 e. The number of carbonyl (C=O) groups excluding carboxylic acids is 1. The lowest BCUT2D eigenvalue weighted by Gasteiger charge is -2.14. The van der Waals surface area contributed by atoms with E-state index in [0.29, 0.717) is 11.3 Å². The second kappa shape index (κ2) is 6.14. The molecule has 1 aromatic heterocycles. The second-order valence-electron chi connectivity index (χ2n) is 4.84. The number of rotatable bonds is 4. The molecule has 0 unspecified atom stereocenters. The van der Waals surface area contributed by atoms with Gasteiger partial charge in [-0.05, 0) is 36.7 Å². The van der Waals surface area contributed by atoms with Crippen molar-refractivity contribution in [1.29, 1.82) is 0 Å². The van der Waals surface area contributed by atoms with Gasteiger partial charge in [0.25, 0.3) is 5.56 Å². The molecule has 4 nitrogen and oxygen atoms in total. The summed E-state index contributed by atoms with van der Waals surface area (Å²) in [5, 5.41) is -0.548. The number of aromatic nitrogens is 1. The Balaban J connectivity index is 2.61. The van der Waals surface area contributed by atoms with Crippen molar-refractivity contribution in [1.82, 2.24) is 4.57 Å². The van der Waals surface area contributed by atoms with Gasteiger partial charge in [-0.3, -0.25) is 9.59 Å². The smallest absolute Gasteiger partial charge is 0.254 e. The molecule has 2 rings (SSSR count). The van der Waals surface area contributed by atoms with Crippen LogP contribution in [0.3, 0.4) is 0 Å². The number of aryl methyl sites for hydroxylation is 1. The average Bonchev–Trinajstić information content (AvgIpc) is 2.44.